The maximum absolute atomic E-state index is 3.73. The second kappa shape index (κ2) is 5.69. The van der Waals surface area contributed by atoms with Gasteiger partial charge in [-0.3, -0.25) is 0 Å². The van der Waals surface area contributed by atoms with Crippen molar-refractivity contribution >= 4 is 15.9 Å². The van der Waals surface area contributed by atoms with Gasteiger partial charge in [-0.1, -0.05) is 67.9 Å². The van der Waals surface area contributed by atoms with E-state index in [4.69, 9.17) is 0 Å². The zero-order chi connectivity index (χ0) is 11.4. The number of alkyl halides is 1. The van der Waals surface area contributed by atoms with Gasteiger partial charge in [-0.15, -0.1) is 0 Å². The molecule has 0 heterocycles. The smallest absolute Gasteiger partial charge is 0.0209 e. The van der Waals surface area contributed by atoms with Crippen LogP contribution in [0.2, 0.25) is 0 Å². The molecule has 0 bridgehead atoms. The summed E-state index contributed by atoms with van der Waals surface area (Å²) in [6.07, 6.45) is 1.17. The number of hydrogen-bond donors (Lipinski definition) is 0. The highest BCUT2D eigenvalue weighted by Gasteiger charge is 2.13. The summed E-state index contributed by atoms with van der Waals surface area (Å²) in [5, 5.41) is 0. The van der Waals surface area contributed by atoms with Crippen molar-refractivity contribution < 1.29 is 0 Å². The van der Waals surface area contributed by atoms with E-state index in [9.17, 15) is 0 Å². The van der Waals surface area contributed by atoms with Crippen molar-refractivity contribution in [2.45, 2.75) is 50.8 Å². The van der Waals surface area contributed by atoms with Crippen molar-refractivity contribution in [3.05, 3.63) is 35.4 Å². The lowest BCUT2D eigenvalue weighted by molar-refractivity contribution is 0.693. The molecule has 0 nitrogen and oxygen atoms in total. The van der Waals surface area contributed by atoms with E-state index >= 15 is 0 Å². The minimum Gasteiger partial charge on any atom is -0.0884 e. The molecule has 0 aromatic heterocycles. The van der Waals surface area contributed by atoms with Crippen LogP contribution in [0.5, 0.6) is 0 Å². The summed E-state index contributed by atoms with van der Waals surface area (Å²) >= 11 is 3.73. The van der Waals surface area contributed by atoms with Crippen molar-refractivity contribution in [1.82, 2.24) is 0 Å². The SMILES string of the molecule is CCC(Br)C(C)c1ccc(C(C)C)cc1. The average molecular weight is 269 g/mol. The Hall–Kier alpha value is -0.300. The van der Waals surface area contributed by atoms with Crippen LogP contribution in [0.25, 0.3) is 0 Å². The molecule has 1 heteroatoms. The molecule has 84 valence electrons. The first-order chi connectivity index (χ1) is 7.06. The van der Waals surface area contributed by atoms with Crippen molar-refractivity contribution in [3.8, 4) is 0 Å². The van der Waals surface area contributed by atoms with Crippen LogP contribution in [-0.4, -0.2) is 4.83 Å². The van der Waals surface area contributed by atoms with Gasteiger partial charge in [0.05, 0.1) is 0 Å². The van der Waals surface area contributed by atoms with Crippen LogP contribution >= 0.6 is 15.9 Å². The van der Waals surface area contributed by atoms with E-state index in [0.717, 1.165) is 0 Å². The molecule has 1 rings (SSSR count). The molecule has 0 fully saturated rings. The van der Waals surface area contributed by atoms with Crippen molar-refractivity contribution in [3.63, 3.8) is 0 Å². The summed E-state index contributed by atoms with van der Waals surface area (Å²) < 4.78 is 0. The lowest BCUT2D eigenvalue weighted by Gasteiger charge is -2.17. The Balaban J connectivity index is 2.79. The molecule has 0 N–H and O–H groups in total. The van der Waals surface area contributed by atoms with Gasteiger partial charge in [0.25, 0.3) is 0 Å². The predicted octanol–water partition coefficient (Wildman–Crippen LogP) is 5.09. The molecule has 0 aliphatic heterocycles. The number of benzene rings is 1. The third kappa shape index (κ3) is 3.34. The highest BCUT2D eigenvalue weighted by atomic mass is 79.9. The van der Waals surface area contributed by atoms with Gasteiger partial charge in [-0.2, -0.15) is 0 Å². The van der Waals surface area contributed by atoms with Crippen LogP contribution in [0.3, 0.4) is 0 Å². The molecule has 1 aromatic rings. The summed E-state index contributed by atoms with van der Waals surface area (Å²) in [6, 6.07) is 9.05. The molecule has 15 heavy (non-hydrogen) atoms. The van der Waals surface area contributed by atoms with Crippen molar-refractivity contribution in [2.75, 3.05) is 0 Å². The highest BCUT2D eigenvalue weighted by Crippen LogP contribution is 2.27. The van der Waals surface area contributed by atoms with E-state index < -0.39 is 0 Å². The summed E-state index contributed by atoms with van der Waals surface area (Å²) in [5.74, 6) is 1.22. The quantitative estimate of drug-likeness (QED) is 0.668. The van der Waals surface area contributed by atoms with Gasteiger partial charge in [0.1, 0.15) is 0 Å². The van der Waals surface area contributed by atoms with E-state index in [2.05, 4.69) is 67.9 Å². The first-order valence-electron chi connectivity index (χ1n) is 5.80. The molecule has 0 saturated carbocycles. The number of hydrogen-bond acceptors (Lipinski definition) is 0. The largest absolute Gasteiger partial charge is 0.0884 e. The molecule has 2 unspecified atom stereocenters. The van der Waals surface area contributed by atoms with E-state index in [1.165, 1.54) is 17.5 Å². The third-order valence-electron chi connectivity index (χ3n) is 3.06. The Morgan fingerprint density at radius 2 is 1.47 bits per heavy atom. The molecule has 1 aromatic carbocycles. The highest BCUT2D eigenvalue weighted by molar-refractivity contribution is 9.09. The molecule has 0 aliphatic carbocycles. The minimum absolute atomic E-state index is 0.586. The lowest BCUT2D eigenvalue weighted by atomic mass is 9.93. The molecule has 0 amide bonds. The van der Waals surface area contributed by atoms with Crippen molar-refractivity contribution in [1.29, 1.82) is 0 Å². The monoisotopic (exact) mass is 268 g/mol. The summed E-state index contributed by atoms with van der Waals surface area (Å²) in [4.78, 5) is 0.586. The van der Waals surface area contributed by atoms with Gasteiger partial charge < -0.3 is 0 Å². The Morgan fingerprint density at radius 3 is 1.87 bits per heavy atom. The second-order valence-corrected chi connectivity index (χ2v) is 5.71. The van der Waals surface area contributed by atoms with Crippen LogP contribution in [0.1, 0.15) is 57.1 Å². The molecule has 0 saturated heterocycles. The zero-order valence-electron chi connectivity index (χ0n) is 10.1. The van der Waals surface area contributed by atoms with E-state index in [-0.39, 0.29) is 0 Å². The first-order valence-corrected chi connectivity index (χ1v) is 6.71. The molecule has 0 aliphatic rings. The van der Waals surface area contributed by atoms with E-state index in [0.29, 0.717) is 16.7 Å². The molecule has 0 radical (unpaired) electrons. The van der Waals surface area contributed by atoms with Crippen LogP contribution in [-0.2, 0) is 0 Å². The third-order valence-corrected chi connectivity index (χ3v) is 4.50. The number of halogens is 1. The van der Waals surface area contributed by atoms with E-state index in [1.807, 2.05) is 0 Å². The van der Waals surface area contributed by atoms with Crippen LogP contribution < -0.4 is 0 Å². The first kappa shape index (κ1) is 12.8. The Labute approximate surface area is 102 Å². The van der Waals surface area contributed by atoms with Crippen LogP contribution in [0, 0.1) is 0 Å². The Kier molecular flexibility index (Phi) is 4.85. The summed E-state index contributed by atoms with van der Waals surface area (Å²) in [5.41, 5.74) is 2.86. The minimum atomic E-state index is 0.586. The summed E-state index contributed by atoms with van der Waals surface area (Å²) in [6.45, 7) is 8.97. The zero-order valence-corrected chi connectivity index (χ0v) is 11.7. The molecule has 2 atom stereocenters. The van der Waals surface area contributed by atoms with Crippen molar-refractivity contribution in [2.24, 2.45) is 0 Å². The topological polar surface area (TPSA) is 0 Å². The maximum atomic E-state index is 3.73. The summed E-state index contributed by atoms with van der Waals surface area (Å²) in [7, 11) is 0. The normalized spacial score (nSPS) is 15.3. The van der Waals surface area contributed by atoms with Crippen LogP contribution in [0.15, 0.2) is 24.3 Å². The fourth-order valence-corrected chi connectivity index (χ4v) is 2.05. The lowest BCUT2D eigenvalue weighted by Crippen LogP contribution is -2.07. The second-order valence-electron chi connectivity index (χ2n) is 4.53. The average Bonchev–Trinajstić information content (AvgIpc) is 2.27. The maximum Gasteiger partial charge on any atom is 0.0209 e. The fourth-order valence-electron chi connectivity index (χ4n) is 1.75. The van der Waals surface area contributed by atoms with Gasteiger partial charge in [-0.25, -0.2) is 0 Å². The van der Waals surface area contributed by atoms with Gasteiger partial charge in [0.2, 0.25) is 0 Å². The predicted molar refractivity (Wildman–Crippen MR) is 72.0 cm³/mol. The molecular formula is C14H21Br. The molecule has 0 spiro atoms. The number of rotatable bonds is 4. The van der Waals surface area contributed by atoms with E-state index in [1.54, 1.807) is 0 Å². The Morgan fingerprint density at radius 1 is 1.00 bits per heavy atom. The standard InChI is InChI=1S/C14H21Br/c1-5-14(15)11(4)13-8-6-12(7-9-13)10(2)3/h6-11,14H,5H2,1-4H3. The van der Waals surface area contributed by atoms with Gasteiger partial charge in [0, 0.05) is 4.83 Å². The molecular weight excluding hydrogens is 248 g/mol. The van der Waals surface area contributed by atoms with Gasteiger partial charge >= 0.3 is 0 Å². The fraction of sp³-hybridized carbons (Fsp3) is 0.571. The van der Waals surface area contributed by atoms with Gasteiger partial charge in [-0.05, 0) is 29.4 Å². The van der Waals surface area contributed by atoms with Gasteiger partial charge in [0.15, 0.2) is 0 Å². The van der Waals surface area contributed by atoms with Crippen LogP contribution in [0.4, 0.5) is 0 Å². The Bertz CT molecular complexity index is 287.